The molecule has 98 valence electrons. The first-order valence-electron chi connectivity index (χ1n) is 5.94. The van der Waals surface area contributed by atoms with E-state index in [0.29, 0.717) is 13.2 Å². The Balaban J connectivity index is 1.92. The van der Waals surface area contributed by atoms with Crippen molar-refractivity contribution in [2.24, 2.45) is 0 Å². The van der Waals surface area contributed by atoms with E-state index in [4.69, 9.17) is 20.9 Å². The zero-order chi connectivity index (χ0) is 13.2. The predicted octanol–water partition coefficient (Wildman–Crippen LogP) is 3.48. The molecule has 0 unspecified atom stereocenters. The van der Waals surface area contributed by atoms with Crippen LogP contribution in [-0.2, 0) is 17.9 Å². The highest BCUT2D eigenvalue weighted by atomic mass is 35.5. The molecular weight excluding hydrogens is 264 g/mol. The Morgan fingerprint density at radius 2 is 2.26 bits per heavy atom. The molecule has 0 saturated heterocycles. The number of halogens is 1. The third kappa shape index (κ3) is 2.37. The van der Waals surface area contributed by atoms with Gasteiger partial charge >= 0.3 is 0 Å². The molecule has 0 N–H and O–H groups in total. The third-order valence-electron chi connectivity index (χ3n) is 2.97. The van der Waals surface area contributed by atoms with Crippen LogP contribution in [0.3, 0.4) is 0 Å². The fourth-order valence-corrected chi connectivity index (χ4v) is 2.45. The second-order valence-corrected chi connectivity index (χ2v) is 4.75. The number of methoxy groups -OCH3 is 1. The molecule has 0 aliphatic rings. The highest BCUT2D eigenvalue weighted by Gasteiger charge is 2.08. The SMILES string of the molecule is COCc1cc(Cn2ccc3cccc(Cl)c32)no1. The van der Waals surface area contributed by atoms with E-state index in [9.17, 15) is 0 Å². The maximum absolute atomic E-state index is 6.24. The molecule has 2 heterocycles. The fourth-order valence-electron chi connectivity index (χ4n) is 2.16. The number of ether oxygens (including phenoxy) is 1. The number of hydrogen-bond acceptors (Lipinski definition) is 3. The molecule has 0 aliphatic heterocycles. The molecule has 2 aromatic heterocycles. The van der Waals surface area contributed by atoms with Crippen LogP contribution in [0.25, 0.3) is 10.9 Å². The van der Waals surface area contributed by atoms with E-state index in [1.165, 1.54) is 0 Å². The minimum absolute atomic E-state index is 0.431. The zero-order valence-electron chi connectivity index (χ0n) is 10.5. The average molecular weight is 277 g/mol. The van der Waals surface area contributed by atoms with E-state index < -0.39 is 0 Å². The van der Waals surface area contributed by atoms with Crippen molar-refractivity contribution in [3.8, 4) is 0 Å². The number of fused-ring (bicyclic) bond motifs is 1. The minimum Gasteiger partial charge on any atom is -0.377 e. The molecule has 0 spiro atoms. The van der Waals surface area contributed by atoms with E-state index in [1.807, 2.05) is 36.5 Å². The normalized spacial score (nSPS) is 11.3. The Hall–Kier alpha value is -1.78. The summed E-state index contributed by atoms with van der Waals surface area (Å²) in [5.41, 5.74) is 1.87. The van der Waals surface area contributed by atoms with E-state index in [-0.39, 0.29) is 0 Å². The molecule has 3 aromatic rings. The summed E-state index contributed by atoms with van der Waals surface area (Å²) in [5, 5.41) is 5.88. The van der Waals surface area contributed by atoms with Crippen LogP contribution in [0.2, 0.25) is 5.02 Å². The Morgan fingerprint density at radius 3 is 3.11 bits per heavy atom. The number of benzene rings is 1. The lowest BCUT2D eigenvalue weighted by Crippen LogP contribution is -1.98. The van der Waals surface area contributed by atoms with Crippen LogP contribution < -0.4 is 0 Å². The molecule has 4 nitrogen and oxygen atoms in total. The predicted molar refractivity (Wildman–Crippen MR) is 73.3 cm³/mol. The van der Waals surface area contributed by atoms with Gasteiger partial charge in [0.05, 0.1) is 17.1 Å². The van der Waals surface area contributed by atoms with E-state index >= 15 is 0 Å². The highest BCUT2D eigenvalue weighted by Crippen LogP contribution is 2.25. The van der Waals surface area contributed by atoms with E-state index in [0.717, 1.165) is 27.4 Å². The number of aromatic nitrogens is 2. The van der Waals surface area contributed by atoms with Gasteiger partial charge in [-0.2, -0.15) is 0 Å². The summed E-state index contributed by atoms with van der Waals surface area (Å²) in [6, 6.07) is 9.81. The van der Waals surface area contributed by atoms with Gasteiger partial charge in [-0.1, -0.05) is 28.9 Å². The average Bonchev–Trinajstić information content (AvgIpc) is 2.99. The standard InChI is InChI=1S/C14H13ClN2O2/c1-18-9-12-7-11(16-19-12)8-17-6-5-10-3-2-4-13(15)14(10)17/h2-7H,8-9H2,1H3. The summed E-state index contributed by atoms with van der Waals surface area (Å²) >= 11 is 6.24. The molecule has 0 saturated carbocycles. The van der Waals surface area contributed by atoms with Crippen molar-refractivity contribution in [2.75, 3.05) is 7.11 Å². The highest BCUT2D eigenvalue weighted by molar-refractivity contribution is 6.35. The van der Waals surface area contributed by atoms with Crippen LogP contribution in [0.4, 0.5) is 0 Å². The second-order valence-electron chi connectivity index (χ2n) is 4.34. The van der Waals surface area contributed by atoms with Crippen molar-refractivity contribution >= 4 is 22.5 Å². The first-order chi connectivity index (χ1) is 9.28. The molecule has 0 radical (unpaired) electrons. The van der Waals surface area contributed by atoms with Crippen molar-refractivity contribution < 1.29 is 9.26 Å². The molecule has 3 rings (SSSR count). The lowest BCUT2D eigenvalue weighted by atomic mass is 10.2. The van der Waals surface area contributed by atoms with Crippen LogP contribution in [0, 0.1) is 0 Å². The van der Waals surface area contributed by atoms with Gasteiger partial charge in [-0.25, -0.2) is 0 Å². The van der Waals surface area contributed by atoms with Crippen molar-refractivity contribution in [3.05, 3.63) is 53.0 Å². The van der Waals surface area contributed by atoms with Crippen molar-refractivity contribution in [1.82, 2.24) is 9.72 Å². The van der Waals surface area contributed by atoms with Gasteiger partial charge in [-0.3, -0.25) is 0 Å². The fraction of sp³-hybridized carbons (Fsp3) is 0.214. The molecule has 1 aromatic carbocycles. The van der Waals surface area contributed by atoms with Gasteiger partial charge in [0.25, 0.3) is 0 Å². The van der Waals surface area contributed by atoms with Crippen molar-refractivity contribution in [3.63, 3.8) is 0 Å². The number of para-hydroxylation sites is 1. The number of hydrogen-bond donors (Lipinski definition) is 0. The summed E-state index contributed by atoms with van der Waals surface area (Å²) in [6.07, 6.45) is 2.00. The Morgan fingerprint density at radius 1 is 1.37 bits per heavy atom. The summed E-state index contributed by atoms with van der Waals surface area (Å²) < 4.78 is 12.2. The molecule has 0 atom stereocenters. The van der Waals surface area contributed by atoms with Crippen LogP contribution >= 0.6 is 11.6 Å². The topological polar surface area (TPSA) is 40.2 Å². The smallest absolute Gasteiger partial charge is 0.162 e. The molecule has 0 aliphatic carbocycles. The van der Waals surface area contributed by atoms with Gasteiger partial charge < -0.3 is 13.8 Å². The van der Waals surface area contributed by atoms with Crippen LogP contribution in [0.1, 0.15) is 11.5 Å². The zero-order valence-corrected chi connectivity index (χ0v) is 11.2. The van der Waals surface area contributed by atoms with Gasteiger partial charge in [0.2, 0.25) is 0 Å². The number of nitrogens with zero attached hydrogens (tertiary/aromatic N) is 2. The summed E-state index contributed by atoms with van der Waals surface area (Å²) in [7, 11) is 1.63. The van der Waals surface area contributed by atoms with Crippen LogP contribution in [0.5, 0.6) is 0 Å². The molecule has 0 fully saturated rings. The Labute approximate surface area is 115 Å². The molecule has 5 heteroatoms. The van der Waals surface area contributed by atoms with Crippen molar-refractivity contribution in [2.45, 2.75) is 13.2 Å². The lowest BCUT2D eigenvalue weighted by molar-refractivity contribution is 0.155. The Bertz CT molecular complexity index is 702. The summed E-state index contributed by atoms with van der Waals surface area (Å²) in [5.74, 6) is 0.722. The first kappa shape index (κ1) is 12.3. The van der Waals surface area contributed by atoms with Gasteiger partial charge in [0.15, 0.2) is 5.76 Å². The largest absolute Gasteiger partial charge is 0.377 e. The van der Waals surface area contributed by atoms with Gasteiger partial charge in [0.1, 0.15) is 12.3 Å². The maximum atomic E-state index is 6.24. The summed E-state index contributed by atoms with van der Waals surface area (Å²) in [4.78, 5) is 0. The molecular formula is C14H13ClN2O2. The second kappa shape index (κ2) is 5.07. The minimum atomic E-state index is 0.431. The first-order valence-corrected chi connectivity index (χ1v) is 6.32. The van der Waals surface area contributed by atoms with Crippen LogP contribution in [0.15, 0.2) is 41.1 Å². The molecule has 0 amide bonds. The van der Waals surface area contributed by atoms with E-state index in [1.54, 1.807) is 7.11 Å². The Kier molecular flexibility index (Phi) is 3.27. The van der Waals surface area contributed by atoms with E-state index in [2.05, 4.69) is 9.72 Å². The van der Waals surface area contributed by atoms with Gasteiger partial charge in [0, 0.05) is 24.8 Å². The van der Waals surface area contributed by atoms with Crippen LogP contribution in [-0.4, -0.2) is 16.8 Å². The van der Waals surface area contributed by atoms with Gasteiger partial charge in [-0.05, 0) is 12.1 Å². The maximum Gasteiger partial charge on any atom is 0.162 e. The van der Waals surface area contributed by atoms with Gasteiger partial charge in [-0.15, -0.1) is 0 Å². The molecule has 0 bridgehead atoms. The monoisotopic (exact) mass is 276 g/mol. The number of rotatable bonds is 4. The molecule has 19 heavy (non-hydrogen) atoms. The third-order valence-corrected chi connectivity index (χ3v) is 3.27. The lowest BCUT2D eigenvalue weighted by Gasteiger charge is -2.03. The summed E-state index contributed by atoms with van der Waals surface area (Å²) in [6.45, 7) is 1.06. The van der Waals surface area contributed by atoms with Crippen molar-refractivity contribution in [1.29, 1.82) is 0 Å². The quantitative estimate of drug-likeness (QED) is 0.732.